The zero-order valence-electron chi connectivity index (χ0n) is 12.4. The van der Waals surface area contributed by atoms with Gasteiger partial charge >= 0.3 is 0 Å². The highest BCUT2D eigenvalue weighted by atomic mass is 14.9. The first kappa shape index (κ1) is 14.4. The summed E-state index contributed by atoms with van der Waals surface area (Å²) in [6, 6.07) is 28.7. The van der Waals surface area contributed by atoms with Gasteiger partial charge in [0.1, 0.15) is 0 Å². The Morgan fingerprint density at radius 1 is 0.727 bits per heavy atom. The first-order valence-electron chi connectivity index (χ1n) is 7.52. The second-order valence-electron chi connectivity index (χ2n) is 5.31. The van der Waals surface area contributed by atoms with Crippen molar-refractivity contribution in [1.82, 2.24) is 0 Å². The van der Waals surface area contributed by atoms with Crippen LogP contribution in [0.15, 0.2) is 84.9 Å². The Labute approximate surface area is 131 Å². The van der Waals surface area contributed by atoms with Crippen molar-refractivity contribution in [3.8, 4) is 0 Å². The van der Waals surface area contributed by atoms with Gasteiger partial charge in [-0.25, -0.2) is 0 Å². The Morgan fingerprint density at radius 3 is 2.05 bits per heavy atom. The predicted octanol–water partition coefficient (Wildman–Crippen LogP) is 4.35. The molecule has 0 aliphatic carbocycles. The molecule has 0 saturated heterocycles. The molecule has 0 saturated carbocycles. The normalized spacial score (nSPS) is 11.9. The number of nitrogens with one attached hydrogen (secondary N) is 1. The van der Waals surface area contributed by atoms with Crippen LogP contribution in [0, 0.1) is 0 Å². The number of para-hydroxylation sites is 1. The van der Waals surface area contributed by atoms with Crippen LogP contribution >= 0.6 is 0 Å². The average Bonchev–Trinajstić information content (AvgIpc) is 2.61. The summed E-state index contributed by atoms with van der Waals surface area (Å²) in [7, 11) is 0. The molecule has 3 N–H and O–H groups in total. The van der Waals surface area contributed by atoms with Crippen molar-refractivity contribution in [2.75, 3.05) is 5.32 Å². The topological polar surface area (TPSA) is 38.0 Å². The van der Waals surface area contributed by atoms with E-state index >= 15 is 0 Å². The Morgan fingerprint density at radius 2 is 1.32 bits per heavy atom. The summed E-state index contributed by atoms with van der Waals surface area (Å²) in [5.41, 5.74) is 11.0. The quantitative estimate of drug-likeness (QED) is 0.732. The fourth-order valence-corrected chi connectivity index (χ4v) is 2.56. The van der Waals surface area contributed by atoms with Crippen molar-refractivity contribution in [2.45, 2.75) is 12.6 Å². The number of benzene rings is 3. The SMILES string of the molecule is NC(c1ccccc1)c1ccccc1NCc1ccccc1. The molecule has 3 aromatic rings. The molecule has 0 fully saturated rings. The molecule has 1 unspecified atom stereocenters. The van der Waals surface area contributed by atoms with E-state index in [1.807, 2.05) is 36.4 Å². The van der Waals surface area contributed by atoms with Gasteiger partial charge in [-0.05, 0) is 22.8 Å². The summed E-state index contributed by atoms with van der Waals surface area (Å²) in [5, 5.41) is 3.50. The second-order valence-corrected chi connectivity index (χ2v) is 5.31. The van der Waals surface area contributed by atoms with Gasteiger partial charge in [-0.3, -0.25) is 0 Å². The Balaban J connectivity index is 1.81. The molecule has 0 aliphatic heterocycles. The van der Waals surface area contributed by atoms with E-state index in [4.69, 9.17) is 5.73 Å². The van der Waals surface area contributed by atoms with Crippen LogP contribution in [-0.4, -0.2) is 0 Å². The second kappa shape index (κ2) is 6.92. The lowest BCUT2D eigenvalue weighted by molar-refractivity contribution is 0.870. The number of anilines is 1. The molecule has 22 heavy (non-hydrogen) atoms. The van der Waals surface area contributed by atoms with Crippen molar-refractivity contribution < 1.29 is 0 Å². The van der Waals surface area contributed by atoms with Gasteiger partial charge in [-0.15, -0.1) is 0 Å². The fraction of sp³-hybridized carbons (Fsp3) is 0.100. The van der Waals surface area contributed by atoms with Gasteiger partial charge in [0.2, 0.25) is 0 Å². The molecule has 0 heterocycles. The lowest BCUT2D eigenvalue weighted by Gasteiger charge is -2.18. The third-order valence-corrected chi connectivity index (χ3v) is 3.78. The maximum atomic E-state index is 6.45. The highest BCUT2D eigenvalue weighted by Crippen LogP contribution is 2.26. The zero-order valence-corrected chi connectivity index (χ0v) is 12.4. The summed E-state index contributed by atoms with van der Waals surface area (Å²) < 4.78 is 0. The molecule has 1 atom stereocenters. The standard InChI is InChI=1S/C20H20N2/c21-20(17-11-5-2-6-12-17)18-13-7-8-14-19(18)22-15-16-9-3-1-4-10-16/h1-14,20,22H,15,21H2. The van der Waals surface area contributed by atoms with Gasteiger partial charge in [0, 0.05) is 12.2 Å². The predicted molar refractivity (Wildman–Crippen MR) is 92.7 cm³/mol. The van der Waals surface area contributed by atoms with Crippen LogP contribution in [0.3, 0.4) is 0 Å². The molecule has 3 rings (SSSR count). The van der Waals surface area contributed by atoms with Crippen LogP contribution in [0.2, 0.25) is 0 Å². The molecule has 0 radical (unpaired) electrons. The van der Waals surface area contributed by atoms with E-state index in [9.17, 15) is 0 Å². The molecule has 0 aromatic heterocycles. The number of hydrogen-bond acceptors (Lipinski definition) is 2. The first-order chi connectivity index (χ1) is 10.8. The van der Waals surface area contributed by atoms with E-state index in [0.29, 0.717) is 0 Å². The van der Waals surface area contributed by atoms with Gasteiger partial charge in [0.25, 0.3) is 0 Å². The summed E-state index contributed by atoms with van der Waals surface area (Å²) in [6.45, 7) is 0.791. The van der Waals surface area contributed by atoms with Crippen molar-refractivity contribution in [3.63, 3.8) is 0 Å². The molecule has 2 heteroatoms. The Kier molecular flexibility index (Phi) is 4.52. The van der Waals surface area contributed by atoms with E-state index < -0.39 is 0 Å². The number of hydrogen-bond donors (Lipinski definition) is 2. The van der Waals surface area contributed by atoms with Crippen molar-refractivity contribution in [3.05, 3.63) is 102 Å². The lowest BCUT2D eigenvalue weighted by Crippen LogP contribution is -2.14. The van der Waals surface area contributed by atoms with Crippen molar-refractivity contribution in [2.24, 2.45) is 5.73 Å². The third kappa shape index (κ3) is 3.35. The van der Waals surface area contributed by atoms with Gasteiger partial charge in [0.05, 0.1) is 6.04 Å². The summed E-state index contributed by atoms with van der Waals surface area (Å²) in [6.07, 6.45) is 0. The van der Waals surface area contributed by atoms with E-state index in [-0.39, 0.29) is 6.04 Å². The molecular weight excluding hydrogens is 268 g/mol. The summed E-state index contributed by atoms with van der Waals surface area (Å²) in [5.74, 6) is 0. The molecule has 0 aliphatic rings. The number of nitrogens with two attached hydrogens (primary N) is 1. The lowest BCUT2D eigenvalue weighted by atomic mass is 9.98. The third-order valence-electron chi connectivity index (χ3n) is 3.78. The van der Waals surface area contributed by atoms with Gasteiger partial charge < -0.3 is 11.1 Å². The zero-order chi connectivity index (χ0) is 15.2. The molecule has 0 spiro atoms. The minimum Gasteiger partial charge on any atom is -0.381 e. The van der Waals surface area contributed by atoms with Crippen LogP contribution in [-0.2, 0) is 6.54 Å². The van der Waals surface area contributed by atoms with Gasteiger partial charge in [-0.1, -0.05) is 78.9 Å². The number of rotatable bonds is 5. The van der Waals surface area contributed by atoms with Crippen LogP contribution in [0.25, 0.3) is 0 Å². The molecular formula is C20H20N2. The molecule has 0 bridgehead atoms. The molecule has 0 amide bonds. The fourth-order valence-electron chi connectivity index (χ4n) is 2.56. The van der Waals surface area contributed by atoms with E-state index in [2.05, 4.69) is 53.8 Å². The Bertz CT molecular complexity index is 708. The minimum atomic E-state index is -0.124. The van der Waals surface area contributed by atoms with Crippen molar-refractivity contribution >= 4 is 5.69 Å². The van der Waals surface area contributed by atoms with Gasteiger partial charge in [0.15, 0.2) is 0 Å². The van der Waals surface area contributed by atoms with Crippen molar-refractivity contribution in [1.29, 1.82) is 0 Å². The minimum absolute atomic E-state index is 0.124. The van der Waals surface area contributed by atoms with Crippen LogP contribution in [0.5, 0.6) is 0 Å². The smallest absolute Gasteiger partial charge is 0.0572 e. The monoisotopic (exact) mass is 288 g/mol. The molecule has 110 valence electrons. The maximum absolute atomic E-state index is 6.45. The van der Waals surface area contributed by atoms with Crippen LogP contribution in [0.1, 0.15) is 22.7 Å². The summed E-state index contributed by atoms with van der Waals surface area (Å²) >= 11 is 0. The molecule has 2 nitrogen and oxygen atoms in total. The largest absolute Gasteiger partial charge is 0.381 e. The molecule has 3 aromatic carbocycles. The first-order valence-corrected chi connectivity index (χ1v) is 7.52. The average molecular weight is 288 g/mol. The van der Waals surface area contributed by atoms with Crippen LogP contribution < -0.4 is 11.1 Å². The maximum Gasteiger partial charge on any atom is 0.0572 e. The van der Waals surface area contributed by atoms with Crippen LogP contribution in [0.4, 0.5) is 5.69 Å². The van der Waals surface area contributed by atoms with E-state index in [0.717, 1.165) is 23.4 Å². The Hall–Kier alpha value is -2.58. The summed E-state index contributed by atoms with van der Waals surface area (Å²) in [4.78, 5) is 0. The highest BCUT2D eigenvalue weighted by molar-refractivity contribution is 5.55. The highest BCUT2D eigenvalue weighted by Gasteiger charge is 2.12. The van der Waals surface area contributed by atoms with E-state index in [1.54, 1.807) is 0 Å². The van der Waals surface area contributed by atoms with Gasteiger partial charge in [-0.2, -0.15) is 0 Å². The van der Waals surface area contributed by atoms with E-state index in [1.165, 1.54) is 5.56 Å².